The van der Waals surface area contributed by atoms with Gasteiger partial charge in [-0.05, 0) is 36.4 Å². The summed E-state index contributed by atoms with van der Waals surface area (Å²) in [5.41, 5.74) is 7.48. The maximum Gasteiger partial charge on any atom is 0.241 e. The molecular weight excluding hydrogens is 266 g/mol. The summed E-state index contributed by atoms with van der Waals surface area (Å²) in [7, 11) is 1.63. The van der Waals surface area contributed by atoms with Crippen LogP contribution in [0, 0.1) is 0 Å². The first-order valence-electron chi connectivity index (χ1n) is 6.45. The van der Waals surface area contributed by atoms with Crippen molar-refractivity contribution in [1.29, 1.82) is 0 Å². The van der Waals surface area contributed by atoms with Crippen molar-refractivity contribution in [1.82, 2.24) is 14.8 Å². The molecule has 0 saturated carbocycles. The third-order valence-corrected chi connectivity index (χ3v) is 2.97. The smallest absolute Gasteiger partial charge is 0.241 e. The van der Waals surface area contributed by atoms with E-state index in [0.29, 0.717) is 5.95 Å². The molecule has 0 aliphatic carbocycles. The summed E-state index contributed by atoms with van der Waals surface area (Å²) < 4.78 is 6.81. The number of nitrogens with zero attached hydrogens (tertiary/aromatic N) is 3. The van der Waals surface area contributed by atoms with Gasteiger partial charge >= 0.3 is 0 Å². The summed E-state index contributed by atoms with van der Waals surface area (Å²) in [6.07, 6.45) is 0. The molecule has 0 fully saturated rings. The van der Waals surface area contributed by atoms with Crippen LogP contribution < -0.4 is 15.8 Å². The fourth-order valence-corrected chi connectivity index (χ4v) is 1.96. The molecule has 6 heteroatoms. The quantitative estimate of drug-likeness (QED) is 0.768. The Bertz CT molecular complexity index is 722. The predicted octanol–water partition coefficient (Wildman–Crippen LogP) is 2.60. The van der Waals surface area contributed by atoms with E-state index in [2.05, 4.69) is 15.4 Å². The first kappa shape index (κ1) is 13.0. The van der Waals surface area contributed by atoms with Crippen LogP contribution in [0.15, 0.2) is 54.6 Å². The Kier molecular flexibility index (Phi) is 3.42. The zero-order valence-electron chi connectivity index (χ0n) is 11.5. The summed E-state index contributed by atoms with van der Waals surface area (Å²) in [6, 6.07) is 17.2. The Morgan fingerprint density at radius 1 is 1.05 bits per heavy atom. The van der Waals surface area contributed by atoms with Gasteiger partial charge in [0.1, 0.15) is 5.75 Å². The van der Waals surface area contributed by atoms with Crippen molar-refractivity contribution in [2.75, 3.05) is 18.2 Å². The Morgan fingerprint density at radius 2 is 1.76 bits per heavy atom. The van der Waals surface area contributed by atoms with Crippen molar-refractivity contribution in [3.05, 3.63) is 54.6 Å². The van der Waals surface area contributed by atoms with Crippen molar-refractivity contribution in [2.45, 2.75) is 0 Å². The fourth-order valence-electron chi connectivity index (χ4n) is 1.96. The normalized spacial score (nSPS) is 10.3. The minimum Gasteiger partial charge on any atom is -0.497 e. The number of rotatable bonds is 4. The molecule has 3 N–H and O–H groups in total. The van der Waals surface area contributed by atoms with E-state index in [0.717, 1.165) is 17.1 Å². The number of hydrogen-bond acceptors (Lipinski definition) is 5. The largest absolute Gasteiger partial charge is 0.497 e. The Labute approximate surface area is 122 Å². The summed E-state index contributed by atoms with van der Waals surface area (Å²) >= 11 is 0. The molecule has 1 aromatic heterocycles. The van der Waals surface area contributed by atoms with Crippen molar-refractivity contribution in [3.63, 3.8) is 0 Å². The van der Waals surface area contributed by atoms with Crippen LogP contribution in [0.1, 0.15) is 0 Å². The van der Waals surface area contributed by atoms with Crippen LogP contribution in [0.5, 0.6) is 5.75 Å². The second kappa shape index (κ2) is 5.54. The summed E-state index contributed by atoms with van der Waals surface area (Å²) in [6.45, 7) is 0. The molecule has 2 aromatic carbocycles. The number of benzene rings is 2. The second-order valence-corrected chi connectivity index (χ2v) is 4.39. The fraction of sp³-hybridized carbons (Fsp3) is 0.0667. The van der Waals surface area contributed by atoms with E-state index in [4.69, 9.17) is 10.5 Å². The van der Waals surface area contributed by atoms with Gasteiger partial charge in [0, 0.05) is 5.69 Å². The Balaban J connectivity index is 1.95. The summed E-state index contributed by atoms with van der Waals surface area (Å²) in [5, 5.41) is 7.41. The molecule has 0 unspecified atom stereocenters. The lowest BCUT2D eigenvalue weighted by molar-refractivity contribution is 0.414. The maximum atomic E-state index is 5.72. The molecule has 21 heavy (non-hydrogen) atoms. The number of hydrogen-bond donors (Lipinski definition) is 2. The van der Waals surface area contributed by atoms with E-state index < -0.39 is 0 Å². The minimum absolute atomic E-state index is 0.212. The molecular formula is C15H15N5O. The van der Waals surface area contributed by atoms with Crippen molar-refractivity contribution < 1.29 is 4.74 Å². The lowest BCUT2D eigenvalue weighted by atomic mass is 10.3. The number of ether oxygens (including phenoxy) is 1. The van der Waals surface area contributed by atoms with Crippen LogP contribution in [-0.4, -0.2) is 21.9 Å². The van der Waals surface area contributed by atoms with Crippen LogP contribution >= 0.6 is 0 Å². The molecule has 0 bridgehead atoms. The highest BCUT2D eigenvalue weighted by atomic mass is 16.5. The predicted molar refractivity (Wildman–Crippen MR) is 82.0 cm³/mol. The first-order chi connectivity index (χ1) is 10.3. The maximum absolute atomic E-state index is 5.72. The number of nitrogen functional groups attached to an aromatic ring is 1. The molecule has 3 aromatic rings. The van der Waals surface area contributed by atoms with E-state index in [-0.39, 0.29) is 5.95 Å². The summed E-state index contributed by atoms with van der Waals surface area (Å²) in [5.74, 6) is 1.55. The van der Waals surface area contributed by atoms with Crippen LogP contribution in [0.25, 0.3) is 5.69 Å². The number of nitrogens with one attached hydrogen (secondary N) is 1. The molecule has 0 amide bonds. The van der Waals surface area contributed by atoms with E-state index in [1.54, 1.807) is 11.8 Å². The number of methoxy groups -OCH3 is 1. The van der Waals surface area contributed by atoms with E-state index >= 15 is 0 Å². The topological polar surface area (TPSA) is 78.0 Å². The SMILES string of the molecule is COc1ccc(-n2nc(N)nc2Nc2ccccc2)cc1. The molecule has 106 valence electrons. The monoisotopic (exact) mass is 281 g/mol. The molecule has 1 heterocycles. The number of aromatic nitrogens is 3. The highest BCUT2D eigenvalue weighted by molar-refractivity contribution is 5.56. The van der Waals surface area contributed by atoms with Crippen LogP contribution in [0.2, 0.25) is 0 Å². The average Bonchev–Trinajstić information content (AvgIpc) is 2.89. The average molecular weight is 281 g/mol. The second-order valence-electron chi connectivity index (χ2n) is 4.39. The highest BCUT2D eigenvalue weighted by Crippen LogP contribution is 2.21. The van der Waals surface area contributed by atoms with Gasteiger partial charge in [-0.1, -0.05) is 18.2 Å². The first-order valence-corrected chi connectivity index (χ1v) is 6.45. The lowest BCUT2D eigenvalue weighted by Gasteiger charge is -2.08. The van der Waals surface area contributed by atoms with Crippen molar-refractivity contribution in [3.8, 4) is 11.4 Å². The molecule has 0 spiro atoms. The standard InChI is InChI=1S/C15H15N5O/c1-21-13-9-7-12(8-10-13)20-15(18-14(16)19-20)17-11-5-3-2-4-6-11/h2-10H,1H3,(H3,16,17,18,19). The molecule has 0 radical (unpaired) electrons. The van der Waals surface area contributed by atoms with Gasteiger partial charge in [-0.2, -0.15) is 9.67 Å². The van der Waals surface area contributed by atoms with Crippen LogP contribution in [-0.2, 0) is 0 Å². The van der Waals surface area contributed by atoms with Gasteiger partial charge < -0.3 is 15.8 Å². The molecule has 0 atom stereocenters. The van der Waals surface area contributed by atoms with Crippen LogP contribution in [0.4, 0.5) is 17.6 Å². The molecule has 0 saturated heterocycles. The molecule has 0 aliphatic heterocycles. The van der Waals surface area contributed by atoms with Crippen molar-refractivity contribution in [2.24, 2.45) is 0 Å². The molecule has 6 nitrogen and oxygen atoms in total. The third-order valence-electron chi connectivity index (χ3n) is 2.97. The van der Waals surface area contributed by atoms with Crippen LogP contribution in [0.3, 0.4) is 0 Å². The third kappa shape index (κ3) is 2.79. The van der Waals surface area contributed by atoms with E-state index in [1.165, 1.54) is 0 Å². The van der Waals surface area contributed by atoms with E-state index in [1.807, 2.05) is 54.6 Å². The Morgan fingerprint density at radius 3 is 2.43 bits per heavy atom. The zero-order valence-corrected chi connectivity index (χ0v) is 11.5. The van der Waals surface area contributed by atoms with Gasteiger partial charge in [0.25, 0.3) is 0 Å². The van der Waals surface area contributed by atoms with Crippen molar-refractivity contribution >= 4 is 17.6 Å². The van der Waals surface area contributed by atoms with Gasteiger partial charge in [-0.25, -0.2) is 0 Å². The number of anilines is 3. The van der Waals surface area contributed by atoms with E-state index in [9.17, 15) is 0 Å². The van der Waals surface area contributed by atoms with Gasteiger partial charge in [-0.3, -0.25) is 0 Å². The molecule has 3 rings (SSSR count). The highest BCUT2D eigenvalue weighted by Gasteiger charge is 2.10. The van der Waals surface area contributed by atoms with Gasteiger partial charge in [0.05, 0.1) is 12.8 Å². The van der Waals surface area contributed by atoms with Gasteiger partial charge in [0.15, 0.2) is 0 Å². The molecule has 0 aliphatic rings. The lowest BCUT2D eigenvalue weighted by Crippen LogP contribution is -2.03. The zero-order chi connectivity index (χ0) is 14.7. The number of para-hydroxylation sites is 1. The van der Waals surface area contributed by atoms with Gasteiger partial charge in [-0.15, -0.1) is 5.10 Å². The minimum atomic E-state index is 0.212. The number of nitrogens with two attached hydrogens (primary N) is 1. The van der Waals surface area contributed by atoms with Gasteiger partial charge in [0.2, 0.25) is 11.9 Å². The summed E-state index contributed by atoms with van der Waals surface area (Å²) in [4.78, 5) is 4.21. The Hall–Kier alpha value is -3.02.